The van der Waals surface area contributed by atoms with Gasteiger partial charge in [-0.05, 0) is 62.1 Å². The number of benzene rings is 2. The molecule has 0 saturated heterocycles. The minimum atomic E-state index is -0.669. The number of aliphatic hydroxyl groups excluding tert-OH is 1. The summed E-state index contributed by atoms with van der Waals surface area (Å²) in [5.74, 6) is 2.98. The van der Waals surface area contributed by atoms with Crippen molar-refractivity contribution >= 4 is 29.9 Å². The van der Waals surface area contributed by atoms with Crippen LogP contribution in [-0.2, 0) is 6.42 Å². The minimum Gasteiger partial charge on any atom is -0.497 e. The van der Waals surface area contributed by atoms with Gasteiger partial charge in [-0.1, -0.05) is 18.2 Å². The number of aliphatic hydroxyl groups is 1. The number of rotatable bonds is 12. The lowest BCUT2D eigenvalue weighted by molar-refractivity contribution is 0.187. The second kappa shape index (κ2) is 15.6. The lowest BCUT2D eigenvalue weighted by atomic mass is 10.1. The molecule has 0 aliphatic carbocycles. The predicted octanol–water partition coefficient (Wildman–Crippen LogP) is 3.94. The van der Waals surface area contributed by atoms with Gasteiger partial charge < -0.3 is 30.0 Å². The van der Waals surface area contributed by atoms with Crippen LogP contribution < -0.4 is 24.8 Å². The number of hydrogen-bond acceptors (Lipinski definition) is 5. The van der Waals surface area contributed by atoms with E-state index in [4.69, 9.17) is 14.2 Å². The van der Waals surface area contributed by atoms with Crippen molar-refractivity contribution in [3.8, 4) is 17.2 Å². The van der Waals surface area contributed by atoms with Gasteiger partial charge in [0.25, 0.3) is 0 Å². The Morgan fingerprint density at radius 2 is 1.75 bits per heavy atom. The number of nitrogens with zero attached hydrogens (tertiary/aromatic N) is 1. The van der Waals surface area contributed by atoms with Crippen molar-refractivity contribution < 1.29 is 19.3 Å². The summed E-state index contributed by atoms with van der Waals surface area (Å²) < 4.78 is 16.1. The van der Waals surface area contributed by atoms with Gasteiger partial charge in [-0.2, -0.15) is 0 Å². The maximum Gasteiger partial charge on any atom is 0.191 e. The molecule has 0 aliphatic rings. The van der Waals surface area contributed by atoms with Crippen molar-refractivity contribution in [3.63, 3.8) is 0 Å². The third kappa shape index (κ3) is 9.12. The monoisotopic (exact) mass is 557 g/mol. The lowest BCUT2D eigenvalue weighted by Crippen LogP contribution is -2.38. The van der Waals surface area contributed by atoms with E-state index >= 15 is 0 Å². The van der Waals surface area contributed by atoms with E-state index in [2.05, 4.69) is 21.7 Å². The summed E-state index contributed by atoms with van der Waals surface area (Å²) in [6.07, 6.45) is 1.17. The average molecular weight is 557 g/mol. The minimum absolute atomic E-state index is 0. The van der Waals surface area contributed by atoms with E-state index in [1.165, 1.54) is 5.56 Å². The standard InChI is InChI=1S/C24H35N3O4.HI/c1-5-25-24(27-17-21(28)19-10-12-20(29-3)13-11-19)26-15-7-8-18-9-14-22(30-4)23(16-18)31-6-2;/h9-14,16,21,28H,5-8,15,17H2,1-4H3,(H2,25,26,27);1H. The average Bonchev–Trinajstić information content (AvgIpc) is 2.80. The zero-order valence-electron chi connectivity index (χ0n) is 19.4. The van der Waals surface area contributed by atoms with Crippen LogP contribution in [-0.4, -0.2) is 51.5 Å². The van der Waals surface area contributed by atoms with E-state index in [0.717, 1.165) is 48.7 Å². The number of aliphatic imine (C=N–C) groups is 1. The zero-order chi connectivity index (χ0) is 22.5. The summed E-state index contributed by atoms with van der Waals surface area (Å²) in [6.45, 7) is 6.37. The fraction of sp³-hybridized carbons (Fsp3) is 0.458. The van der Waals surface area contributed by atoms with Crippen LogP contribution in [0, 0.1) is 0 Å². The molecular weight excluding hydrogens is 521 g/mol. The highest BCUT2D eigenvalue weighted by Gasteiger charge is 2.08. The molecule has 1 atom stereocenters. The van der Waals surface area contributed by atoms with E-state index in [9.17, 15) is 5.11 Å². The summed E-state index contributed by atoms with van der Waals surface area (Å²) in [7, 11) is 3.27. The van der Waals surface area contributed by atoms with Gasteiger partial charge in [0.2, 0.25) is 0 Å². The molecule has 2 aromatic carbocycles. The molecule has 0 radical (unpaired) electrons. The summed E-state index contributed by atoms with van der Waals surface area (Å²) in [5.41, 5.74) is 2.01. The van der Waals surface area contributed by atoms with Crippen molar-refractivity contribution in [2.75, 3.05) is 40.5 Å². The largest absolute Gasteiger partial charge is 0.497 e. The summed E-state index contributed by atoms with van der Waals surface area (Å²) in [6, 6.07) is 13.4. The highest BCUT2D eigenvalue weighted by Crippen LogP contribution is 2.28. The number of aryl methyl sites for hydroxylation is 1. The van der Waals surface area contributed by atoms with Crippen LogP contribution in [0.5, 0.6) is 17.2 Å². The number of halogens is 1. The molecule has 0 aliphatic heterocycles. The number of hydrogen-bond donors (Lipinski definition) is 3. The Hall–Kier alpha value is -2.20. The highest BCUT2D eigenvalue weighted by atomic mass is 127. The SMILES string of the molecule is CCNC(=NCC(O)c1ccc(OC)cc1)NCCCc1ccc(OC)c(OCC)c1.I. The van der Waals surface area contributed by atoms with Crippen LogP contribution in [0.15, 0.2) is 47.5 Å². The molecule has 3 N–H and O–H groups in total. The fourth-order valence-corrected chi connectivity index (χ4v) is 3.10. The molecule has 0 spiro atoms. The van der Waals surface area contributed by atoms with Crippen molar-refractivity contribution in [2.45, 2.75) is 32.8 Å². The third-order valence-electron chi connectivity index (χ3n) is 4.73. The summed E-state index contributed by atoms with van der Waals surface area (Å²) in [4.78, 5) is 4.51. The third-order valence-corrected chi connectivity index (χ3v) is 4.73. The molecule has 2 aromatic rings. The molecule has 0 heterocycles. The second-order valence-electron chi connectivity index (χ2n) is 6.96. The first-order valence-electron chi connectivity index (χ1n) is 10.7. The Bertz CT molecular complexity index is 815. The Morgan fingerprint density at radius 1 is 1.00 bits per heavy atom. The van der Waals surface area contributed by atoms with Crippen LogP contribution in [0.1, 0.15) is 37.5 Å². The molecule has 7 nitrogen and oxygen atoms in total. The summed E-state index contributed by atoms with van der Waals surface area (Å²) in [5, 5.41) is 17.0. The quantitative estimate of drug-likeness (QED) is 0.159. The van der Waals surface area contributed by atoms with Crippen LogP contribution >= 0.6 is 24.0 Å². The fourth-order valence-electron chi connectivity index (χ4n) is 3.10. The molecule has 2 rings (SSSR count). The van der Waals surface area contributed by atoms with Crippen LogP contribution in [0.4, 0.5) is 0 Å². The second-order valence-corrected chi connectivity index (χ2v) is 6.96. The van der Waals surface area contributed by atoms with Crippen LogP contribution in [0.3, 0.4) is 0 Å². The molecule has 32 heavy (non-hydrogen) atoms. The first-order valence-corrected chi connectivity index (χ1v) is 10.7. The maximum absolute atomic E-state index is 10.4. The summed E-state index contributed by atoms with van der Waals surface area (Å²) >= 11 is 0. The molecule has 0 saturated carbocycles. The van der Waals surface area contributed by atoms with Gasteiger partial charge in [0.05, 0.1) is 33.5 Å². The molecule has 0 aromatic heterocycles. The molecule has 178 valence electrons. The van der Waals surface area contributed by atoms with E-state index < -0.39 is 6.10 Å². The van der Waals surface area contributed by atoms with E-state index in [1.807, 2.05) is 50.2 Å². The van der Waals surface area contributed by atoms with Gasteiger partial charge in [0.15, 0.2) is 17.5 Å². The van der Waals surface area contributed by atoms with Gasteiger partial charge in [0, 0.05) is 13.1 Å². The Labute approximate surface area is 208 Å². The number of methoxy groups -OCH3 is 2. The highest BCUT2D eigenvalue weighted by molar-refractivity contribution is 14.0. The molecule has 8 heteroatoms. The number of ether oxygens (including phenoxy) is 3. The Balaban J connectivity index is 0.00000512. The Kier molecular flexibility index (Phi) is 13.5. The Morgan fingerprint density at radius 3 is 2.38 bits per heavy atom. The van der Waals surface area contributed by atoms with E-state index in [1.54, 1.807) is 14.2 Å². The van der Waals surface area contributed by atoms with Crippen LogP contribution in [0.2, 0.25) is 0 Å². The smallest absolute Gasteiger partial charge is 0.191 e. The number of guanidine groups is 1. The van der Waals surface area contributed by atoms with E-state index in [-0.39, 0.29) is 30.5 Å². The van der Waals surface area contributed by atoms with Crippen molar-refractivity contribution in [1.29, 1.82) is 0 Å². The zero-order valence-corrected chi connectivity index (χ0v) is 21.7. The van der Waals surface area contributed by atoms with Crippen molar-refractivity contribution in [3.05, 3.63) is 53.6 Å². The van der Waals surface area contributed by atoms with Crippen molar-refractivity contribution in [2.24, 2.45) is 4.99 Å². The normalized spacial score (nSPS) is 11.8. The molecule has 0 amide bonds. The molecule has 0 fully saturated rings. The van der Waals surface area contributed by atoms with Gasteiger partial charge >= 0.3 is 0 Å². The van der Waals surface area contributed by atoms with Crippen LogP contribution in [0.25, 0.3) is 0 Å². The van der Waals surface area contributed by atoms with Crippen molar-refractivity contribution in [1.82, 2.24) is 10.6 Å². The maximum atomic E-state index is 10.4. The van der Waals surface area contributed by atoms with E-state index in [0.29, 0.717) is 12.6 Å². The van der Waals surface area contributed by atoms with Gasteiger partial charge in [-0.3, -0.25) is 4.99 Å². The first-order chi connectivity index (χ1) is 15.1. The van der Waals surface area contributed by atoms with Gasteiger partial charge in [0.1, 0.15) is 5.75 Å². The molecule has 0 bridgehead atoms. The number of nitrogens with one attached hydrogen (secondary N) is 2. The first kappa shape index (κ1) is 27.8. The van der Waals surface area contributed by atoms with Gasteiger partial charge in [-0.15, -0.1) is 24.0 Å². The van der Waals surface area contributed by atoms with Gasteiger partial charge in [-0.25, -0.2) is 0 Å². The predicted molar refractivity (Wildman–Crippen MR) is 140 cm³/mol. The lowest BCUT2D eigenvalue weighted by Gasteiger charge is -2.14. The molecule has 1 unspecified atom stereocenters. The topological polar surface area (TPSA) is 84.3 Å². The molecular formula is C24H36IN3O4.